The summed E-state index contributed by atoms with van der Waals surface area (Å²) >= 11 is 0. The van der Waals surface area contributed by atoms with E-state index in [2.05, 4.69) is 24.5 Å². The van der Waals surface area contributed by atoms with Crippen LogP contribution in [0.1, 0.15) is 53.8 Å². The average Bonchev–Trinajstić information content (AvgIpc) is 2.98. The lowest BCUT2D eigenvalue weighted by Crippen LogP contribution is -2.41. The first kappa shape index (κ1) is 19.0. The summed E-state index contributed by atoms with van der Waals surface area (Å²) in [7, 11) is 1.57. The molecule has 0 saturated carbocycles. The minimum Gasteiger partial charge on any atom is -0.497 e. The average molecular weight is 370 g/mol. The zero-order valence-corrected chi connectivity index (χ0v) is 16.2. The Balaban J connectivity index is 1.59. The van der Waals surface area contributed by atoms with E-state index >= 15 is 0 Å². The second kappa shape index (κ2) is 7.47. The highest BCUT2D eigenvalue weighted by Gasteiger charge is 2.35. The summed E-state index contributed by atoms with van der Waals surface area (Å²) in [6.07, 6.45) is 1.69. The molecule has 6 nitrogen and oxygen atoms in total. The van der Waals surface area contributed by atoms with Gasteiger partial charge in [0.25, 0.3) is 5.91 Å². The van der Waals surface area contributed by atoms with Crippen molar-refractivity contribution < 1.29 is 18.7 Å². The number of amides is 2. The van der Waals surface area contributed by atoms with Gasteiger partial charge < -0.3 is 19.8 Å². The maximum Gasteiger partial charge on any atom is 0.251 e. The molecular formula is C21H26N2O4. The Labute approximate surface area is 159 Å². The zero-order valence-electron chi connectivity index (χ0n) is 16.2. The Kier molecular flexibility index (Phi) is 5.26. The van der Waals surface area contributed by atoms with E-state index in [1.54, 1.807) is 31.4 Å². The van der Waals surface area contributed by atoms with Gasteiger partial charge in [-0.25, -0.2) is 0 Å². The van der Waals surface area contributed by atoms with Crippen LogP contribution < -0.4 is 15.4 Å². The van der Waals surface area contributed by atoms with Crippen LogP contribution in [0.25, 0.3) is 0 Å². The predicted octanol–water partition coefficient (Wildman–Crippen LogP) is 3.16. The standard InChI is InChI=1S/C21H26N2O4/c1-13-9-16-17(10-21(2,3)11-18(16)27-13)23-19(24)12-22-20(25)14-5-7-15(26-4)8-6-14/h5-9,17H,10-12H2,1-4H3,(H,22,25)(H,23,24)/t17-/m0/s1. The smallest absolute Gasteiger partial charge is 0.251 e. The van der Waals surface area contributed by atoms with E-state index in [1.807, 2.05) is 13.0 Å². The van der Waals surface area contributed by atoms with Crippen molar-refractivity contribution >= 4 is 11.8 Å². The first-order valence-corrected chi connectivity index (χ1v) is 9.08. The van der Waals surface area contributed by atoms with Gasteiger partial charge in [0.1, 0.15) is 17.3 Å². The number of rotatable bonds is 5. The van der Waals surface area contributed by atoms with Crippen molar-refractivity contribution in [3.63, 3.8) is 0 Å². The van der Waals surface area contributed by atoms with Crippen molar-refractivity contribution in [3.05, 3.63) is 53.0 Å². The fourth-order valence-corrected chi connectivity index (χ4v) is 3.56. The van der Waals surface area contributed by atoms with Crippen molar-refractivity contribution in [1.29, 1.82) is 0 Å². The van der Waals surface area contributed by atoms with Gasteiger partial charge in [-0.05, 0) is 49.1 Å². The SMILES string of the molecule is COc1ccc(C(=O)NCC(=O)N[C@H]2CC(C)(C)Cc3oc(C)cc32)cc1. The second-order valence-electron chi connectivity index (χ2n) is 7.81. The number of methoxy groups -OCH3 is 1. The third-order valence-electron chi connectivity index (χ3n) is 4.83. The molecule has 0 aliphatic heterocycles. The van der Waals surface area contributed by atoms with E-state index in [0.717, 1.165) is 29.9 Å². The Morgan fingerprint density at radius 2 is 1.96 bits per heavy atom. The van der Waals surface area contributed by atoms with E-state index < -0.39 is 0 Å². The van der Waals surface area contributed by atoms with Gasteiger partial charge in [0.05, 0.1) is 19.7 Å². The number of hydrogen-bond acceptors (Lipinski definition) is 4. The number of hydrogen-bond donors (Lipinski definition) is 2. The number of nitrogens with one attached hydrogen (secondary N) is 2. The molecule has 1 aromatic heterocycles. The number of benzene rings is 1. The van der Waals surface area contributed by atoms with Crippen LogP contribution in [0.4, 0.5) is 0 Å². The van der Waals surface area contributed by atoms with Crippen LogP contribution in [0.2, 0.25) is 0 Å². The molecule has 2 amide bonds. The van der Waals surface area contributed by atoms with Crippen LogP contribution in [0.3, 0.4) is 0 Å². The van der Waals surface area contributed by atoms with Crippen LogP contribution in [-0.2, 0) is 11.2 Å². The number of aryl methyl sites for hydroxylation is 1. The number of ether oxygens (including phenoxy) is 1. The third kappa shape index (κ3) is 4.51. The molecule has 0 unspecified atom stereocenters. The summed E-state index contributed by atoms with van der Waals surface area (Å²) in [5, 5.41) is 5.70. The summed E-state index contributed by atoms with van der Waals surface area (Å²) < 4.78 is 10.9. The van der Waals surface area contributed by atoms with Gasteiger partial charge in [0, 0.05) is 17.5 Å². The molecule has 2 aromatic rings. The number of furan rings is 1. The Morgan fingerprint density at radius 3 is 2.63 bits per heavy atom. The number of carbonyl (C=O) groups is 2. The molecule has 27 heavy (non-hydrogen) atoms. The molecule has 0 spiro atoms. The largest absolute Gasteiger partial charge is 0.497 e. The summed E-state index contributed by atoms with van der Waals surface area (Å²) in [4.78, 5) is 24.6. The molecule has 1 atom stereocenters. The summed E-state index contributed by atoms with van der Waals surface area (Å²) in [5.74, 6) is 1.96. The van der Waals surface area contributed by atoms with Gasteiger partial charge in [0.15, 0.2) is 0 Å². The maximum atomic E-state index is 12.4. The quantitative estimate of drug-likeness (QED) is 0.847. The molecule has 1 aromatic carbocycles. The second-order valence-corrected chi connectivity index (χ2v) is 7.81. The lowest BCUT2D eigenvalue weighted by atomic mass is 9.74. The minimum absolute atomic E-state index is 0.0432. The van der Waals surface area contributed by atoms with Crippen LogP contribution in [0.5, 0.6) is 5.75 Å². The third-order valence-corrected chi connectivity index (χ3v) is 4.83. The Hall–Kier alpha value is -2.76. The molecule has 0 saturated heterocycles. The van der Waals surface area contributed by atoms with Crippen molar-refractivity contribution in [1.82, 2.24) is 10.6 Å². The lowest BCUT2D eigenvalue weighted by Gasteiger charge is -2.34. The molecule has 0 bridgehead atoms. The van der Waals surface area contributed by atoms with Crippen molar-refractivity contribution in [2.24, 2.45) is 5.41 Å². The summed E-state index contributed by atoms with van der Waals surface area (Å²) in [5.41, 5.74) is 1.57. The van der Waals surface area contributed by atoms with Gasteiger partial charge in [-0.3, -0.25) is 9.59 Å². The van der Waals surface area contributed by atoms with Gasteiger partial charge >= 0.3 is 0 Å². The zero-order chi connectivity index (χ0) is 19.6. The predicted molar refractivity (Wildman–Crippen MR) is 102 cm³/mol. The monoisotopic (exact) mass is 370 g/mol. The van der Waals surface area contributed by atoms with Crippen LogP contribution in [0.15, 0.2) is 34.7 Å². The molecule has 1 aliphatic rings. The molecule has 6 heteroatoms. The van der Waals surface area contributed by atoms with Gasteiger partial charge in [-0.1, -0.05) is 13.8 Å². The van der Waals surface area contributed by atoms with Gasteiger partial charge in [-0.2, -0.15) is 0 Å². The molecule has 1 aliphatic carbocycles. The van der Waals surface area contributed by atoms with Crippen LogP contribution in [-0.4, -0.2) is 25.5 Å². The first-order valence-electron chi connectivity index (χ1n) is 9.08. The highest BCUT2D eigenvalue weighted by molar-refractivity contribution is 5.96. The normalized spacial score (nSPS) is 17.7. The molecule has 0 fully saturated rings. The lowest BCUT2D eigenvalue weighted by molar-refractivity contribution is -0.121. The van der Waals surface area contributed by atoms with E-state index in [0.29, 0.717) is 11.3 Å². The minimum atomic E-state index is -0.295. The van der Waals surface area contributed by atoms with Crippen molar-refractivity contribution in [2.45, 2.75) is 39.7 Å². The van der Waals surface area contributed by atoms with Crippen LogP contribution in [0, 0.1) is 12.3 Å². The molecule has 144 valence electrons. The first-order chi connectivity index (χ1) is 12.8. The summed E-state index contributed by atoms with van der Waals surface area (Å²) in [6.45, 7) is 6.17. The van der Waals surface area contributed by atoms with E-state index in [4.69, 9.17) is 9.15 Å². The fraction of sp³-hybridized carbons (Fsp3) is 0.429. The van der Waals surface area contributed by atoms with Crippen LogP contribution >= 0.6 is 0 Å². The number of carbonyl (C=O) groups excluding carboxylic acids is 2. The highest BCUT2D eigenvalue weighted by Crippen LogP contribution is 2.41. The van der Waals surface area contributed by atoms with Gasteiger partial charge in [0.2, 0.25) is 5.91 Å². The highest BCUT2D eigenvalue weighted by atomic mass is 16.5. The van der Waals surface area contributed by atoms with Crippen molar-refractivity contribution in [2.75, 3.05) is 13.7 Å². The van der Waals surface area contributed by atoms with Gasteiger partial charge in [-0.15, -0.1) is 0 Å². The van der Waals surface area contributed by atoms with Crippen molar-refractivity contribution in [3.8, 4) is 5.75 Å². The molecular weight excluding hydrogens is 344 g/mol. The fourth-order valence-electron chi connectivity index (χ4n) is 3.56. The van der Waals surface area contributed by atoms with E-state index in [9.17, 15) is 9.59 Å². The van der Waals surface area contributed by atoms with E-state index in [1.165, 1.54) is 0 Å². The molecule has 1 heterocycles. The number of fused-ring (bicyclic) bond motifs is 1. The maximum absolute atomic E-state index is 12.4. The molecule has 2 N–H and O–H groups in total. The Morgan fingerprint density at radius 1 is 1.26 bits per heavy atom. The Bertz CT molecular complexity index is 836. The van der Waals surface area contributed by atoms with E-state index in [-0.39, 0.29) is 29.8 Å². The molecule has 3 rings (SSSR count). The topological polar surface area (TPSA) is 80.6 Å². The summed E-state index contributed by atoms with van der Waals surface area (Å²) in [6, 6.07) is 8.63. The molecule has 0 radical (unpaired) electrons.